The van der Waals surface area contributed by atoms with Crippen molar-refractivity contribution in [3.63, 3.8) is 0 Å². The predicted octanol–water partition coefficient (Wildman–Crippen LogP) is 1.98. The molecule has 0 bridgehead atoms. The van der Waals surface area contributed by atoms with Crippen LogP contribution >= 0.6 is 0 Å². The van der Waals surface area contributed by atoms with E-state index in [-0.39, 0.29) is 11.9 Å². The Labute approximate surface area is 95.0 Å². The molecule has 2 atom stereocenters. The number of benzene rings is 1. The molecule has 0 amide bonds. The monoisotopic (exact) mass is 246 g/mol. The lowest BCUT2D eigenvalue weighted by atomic mass is 10.1. The van der Waals surface area contributed by atoms with E-state index in [1.54, 1.807) is 7.11 Å². The molecule has 5 heteroatoms. The Hall–Kier alpha value is -0.490. The Morgan fingerprint density at radius 1 is 1.47 bits per heavy atom. The van der Waals surface area contributed by atoms with Gasteiger partial charge in [0.15, 0.2) is 0 Å². The van der Waals surface area contributed by atoms with Crippen molar-refractivity contribution in [2.24, 2.45) is 0 Å². The van der Waals surface area contributed by atoms with Crippen LogP contribution in [0.3, 0.4) is 0 Å². The van der Waals surface area contributed by atoms with Crippen LogP contribution in [0, 0.1) is 0 Å². The number of methoxy groups -OCH3 is 1. The van der Waals surface area contributed by atoms with E-state index in [9.17, 15) is 4.21 Å². The standard InChI is InChI=1S/C10H14O3S2/c1-13-10(7-8-15(11,12)14)9-5-3-2-4-6-9/h2-6,10H,7-8H2,1H3,(H,11,12,14). The molecule has 0 aromatic heterocycles. The molecule has 0 radical (unpaired) electrons. The van der Waals surface area contributed by atoms with Crippen LogP contribution in [-0.4, -0.2) is 21.6 Å². The molecule has 0 aliphatic rings. The lowest BCUT2D eigenvalue weighted by Crippen LogP contribution is -2.09. The molecule has 1 N–H and O–H groups in total. The first-order valence-electron chi connectivity index (χ1n) is 4.56. The molecule has 0 heterocycles. The summed E-state index contributed by atoms with van der Waals surface area (Å²) in [6.45, 7) is 0. The van der Waals surface area contributed by atoms with Crippen LogP contribution in [0.4, 0.5) is 0 Å². The van der Waals surface area contributed by atoms with Crippen molar-refractivity contribution in [3.05, 3.63) is 35.9 Å². The first kappa shape index (κ1) is 12.6. The summed E-state index contributed by atoms with van der Waals surface area (Å²) in [5.41, 5.74) is 0.999. The third-order valence-electron chi connectivity index (χ3n) is 2.09. The first-order valence-corrected chi connectivity index (χ1v) is 7.17. The zero-order valence-electron chi connectivity index (χ0n) is 8.46. The second-order valence-electron chi connectivity index (χ2n) is 3.21. The van der Waals surface area contributed by atoms with E-state index < -0.39 is 8.77 Å². The van der Waals surface area contributed by atoms with Gasteiger partial charge in [-0.1, -0.05) is 30.3 Å². The van der Waals surface area contributed by atoms with Crippen molar-refractivity contribution in [1.82, 2.24) is 0 Å². The molecule has 0 fully saturated rings. The number of hydrogen-bond acceptors (Lipinski definition) is 3. The molecule has 0 saturated heterocycles. The fourth-order valence-electron chi connectivity index (χ4n) is 1.34. The minimum Gasteiger partial charge on any atom is -0.377 e. The summed E-state index contributed by atoms with van der Waals surface area (Å²) >= 11 is 4.43. The van der Waals surface area contributed by atoms with Gasteiger partial charge in [-0.2, -0.15) is 0 Å². The Morgan fingerprint density at radius 2 is 2.07 bits per heavy atom. The predicted molar refractivity (Wildman–Crippen MR) is 63.8 cm³/mol. The van der Waals surface area contributed by atoms with Gasteiger partial charge < -0.3 is 9.29 Å². The summed E-state index contributed by atoms with van der Waals surface area (Å²) in [5, 5.41) is 0. The fraction of sp³-hybridized carbons (Fsp3) is 0.400. The smallest absolute Gasteiger partial charge is 0.141 e. The molecule has 15 heavy (non-hydrogen) atoms. The zero-order valence-corrected chi connectivity index (χ0v) is 10.1. The van der Waals surface area contributed by atoms with Gasteiger partial charge in [-0.15, -0.1) is 0 Å². The minimum absolute atomic E-state index is 0.0791. The van der Waals surface area contributed by atoms with Crippen LogP contribution in [0.2, 0.25) is 0 Å². The van der Waals surface area contributed by atoms with Crippen LogP contribution in [0.5, 0.6) is 0 Å². The molecule has 3 nitrogen and oxygen atoms in total. The van der Waals surface area contributed by atoms with Crippen molar-refractivity contribution in [1.29, 1.82) is 0 Å². The molecular formula is C10H14O3S2. The maximum atomic E-state index is 11.0. The molecule has 1 rings (SSSR count). The van der Waals surface area contributed by atoms with Crippen LogP contribution < -0.4 is 0 Å². The Balaban J connectivity index is 2.66. The Morgan fingerprint density at radius 3 is 2.53 bits per heavy atom. The van der Waals surface area contributed by atoms with Crippen LogP contribution in [0.1, 0.15) is 18.1 Å². The van der Waals surface area contributed by atoms with E-state index in [2.05, 4.69) is 11.2 Å². The third-order valence-corrected chi connectivity index (χ3v) is 3.35. The van der Waals surface area contributed by atoms with Gasteiger partial charge in [0.25, 0.3) is 0 Å². The molecule has 84 valence electrons. The van der Waals surface area contributed by atoms with Gasteiger partial charge in [-0.25, -0.2) is 4.21 Å². The van der Waals surface area contributed by atoms with E-state index in [1.807, 2.05) is 30.3 Å². The van der Waals surface area contributed by atoms with Gasteiger partial charge in [0.2, 0.25) is 0 Å². The summed E-state index contributed by atoms with van der Waals surface area (Å²) in [4.78, 5) is 0. The molecular weight excluding hydrogens is 232 g/mol. The maximum absolute atomic E-state index is 11.0. The SMILES string of the molecule is COC(CC[S@@](=O)(O)=S)c1ccccc1. The summed E-state index contributed by atoms with van der Waals surface area (Å²) in [6, 6.07) is 9.59. The van der Waals surface area contributed by atoms with E-state index >= 15 is 0 Å². The third kappa shape index (κ3) is 4.70. The van der Waals surface area contributed by atoms with Crippen LogP contribution in [-0.2, 0) is 24.7 Å². The molecule has 1 aromatic rings. The van der Waals surface area contributed by atoms with Crippen molar-refractivity contribution in [2.75, 3.05) is 12.9 Å². The van der Waals surface area contributed by atoms with Gasteiger partial charge in [0.05, 0.1) is 11.9 Å². The topological polar surface area (TPSA) is 46.5 Å². The quantitative estimate of drug-likeness (QED) is 0.863. The van der Waals surface area contributed by atoms with Gasteiger partial charge in [-0.3, -0.25) is 0 Å². The summed E-state index contributed by atoms with van der Waals surface area (Å²) < 4.78 is 25.2. The number of hydrogen-bond donors (Lipinski definition) is 1. The minimum atomic E-state index is -3.08. The van der Waals surface area contributed by atoms with Crippen molar-refractivity contribution in [2.45, 2.75) is 12.5 Å². The highest BCUT2D eigenvalue weighted by atomic mass is 32.8. The highest BCUT2D eigenvalue weighted by molar-refractivity contribution is 8.29. The van der Waals surface area contributed by atoms with Gasteiger partial charge in [0.1, 0.15) is 8.77 Å². The fourth-order valence-corrected chi connectivity index (χ4v) is 2.14. The van der Waals surface area contributed by atoms with Gasteiger partial charge in [-0.05, 0) is 12.0 Å². The maximum Gasteiger partial charge on any atom is 0.141 e. The molecule has 0 saturated carbocycles. The van der Waals surface area contributed by atoms with E-state index in [1.165, 1.54) is 0 Å². The summed E-state index contributed by atoms with van der Waals surface area (Å²) in [7, 11) is -1.50. The van der Waals surface area contributed by atoms with Gasteiger partial charge >= 0.3 is 0 Å². The van der Waals surface area contributed by atoms with Crippen molar-refractivity contribution in [3.8, 4) is 0 Å². The Kier molecular flexibility index (Phi) is 4.66. The van der Waals surface area contributed by atoms with Crippen LogP contribution in [0.25, 0.3) is 0 Å². The Bertz CT molecular complexity index is 386. The van der Waals surface area contributed by atoms with Crippen LogP contribution in [0.15, 0.2) is 30.3 Å². The molecule has 1 aromatic carbocycles. The van der Waals surface area contributed by atoms with Crippen molar-refractivity contribution < 1.29 is 13.5 Å². The second-order valence-corrected chi connectivity index (χ2v) is 6.34. The summed E-state index contributed by atoms with van der Waals surface area (Å²) in [5.74, 6) is 0.0791. The average Bonchev–Trinajstić information content (AvgIpc) is 2.19. The normalized spacial score (nSPS) is 16.9. The summed E-state index contributed by atoms with van der Waals surface area (Å²) in [6.07, 6.45) is 0.293. The highest BCUT2D eigenvalue weighted by Crippen LogP contribution is 2.20. The first-order chi connectivity index (χ1) is 7.03. The van der Waals surface area contributed by atoms with E-state index in [0.717, 1.165) is 5.56 Å². The zero-order chi connectivity index (χ0) is 11.3. The number of rotatable bonds is 5. The average molecular weight is 246 g/mol. The molecule has 0 aliphatic carbocycles. The molecule has 0 spiro atoms. The van der Waals surface area contributed by atoms with E-state index in [0.29, 0.717) is 6.42 Å². The van der Waals surface area contributed by atoms with Gasteiger partial charge in [0, 0.05) is 18.3 Å². The highest BCUT2D eigenvalue weighted by Gasteiger charge is 2.12. The number of ether oxygens (including phenoxy) is 1. The lowest BCUT2D eigenvalue weighted by molar-refractivity contribution is 0.101. The second kappa shape index (κ2) is 5.55. The molecule has 0 aliphatic heterocycles. The lowest BCUT2D eigenvalue weighted by Gasteiger charge is -2.15. The van der Waals surface area contributed by atoms with Crippen molar-refractivity contribution >= 4 is 20.0 Å². The molecule has 1 unspecified atom stereocenters. The largest absolute Gasteiger partial charge is 0.377 e. The van der Waals surface area contributed by atoms with E-state index in [4.69, 9.17) is 9.29 Å².